The standard InChI is InChI=1S/C15H16F2N2O5/c1-19(7-3-6-18)13(20)9-23-14(21)10-4-5-11(24-15(16)17)12(8-10)22-2/h4-5,8,15H,3,7,9H2,1-2H3. The van der Waals surface area contributed by atoms with E-state index < -0.39 is 25.1 Å². The molecule has 1 rings (SSSR count). The number of nitriles is 1. The minimum atomic E-state index is -3.03. The Morgan fingerprint density at radius 3 is 2.62 bits per heavy atom. The van der Waals surface area contributed by atoms with Crippen molar-refractivity contribution in [2.24, 2.45) is 0 Å². The van der Waals surface area contributed by atoms with E-state index in [0.717, 1.165) is 6.07 Å². The number of hydrogen-bond acceptors (Lipinski definition) is 6. The van der Waals surface area contributed by atoms with Crippen molar-refractivity contribution in [2.45, 2.75) is 13.0 Å². The predicted molar refractivity (Wildman–Crippen MR) is 77.8 cm³/mol. The lowest BCUT2D eigenvalue weighted by molar-refractivity contribution is -0.133. The summed E-state index contributed by atoms with van der Waals surface area (Å²) in [4.78, 5) is 24.9. The van der Waals surface area contributed by atoms with Crippen molar-refractivity contribution in [3.63, 3.8) is 0 Å². The normalized spacial score (nSPS) is 10.0. The summed E-state index contributed by atoms with van der Waals surface area (Å²) < 4.78 is 38.4. The SMILES string of the molecule is COc1cc(C(=O)OCC(=O)N(C)CCC#N)ccc1OC(F)F. The summed E-state index contributed by atoms with van der Waals surface area (Å²) >= 11 is 0. The van der Waals surface area contributed by atoms with Crippen molar-refractivity contribution >= 4 is 11.9 Å². The second-order valence-corrected chi connectivity index (χ2v) is 4.54. The Labute approximate surface area is 137 Å². The highest BCUT2D eigenvalue weighted by Crippen LogP contribution is 2.29. The van der Waals surface area contributed by atoms with Gasteiger partial charge in [0.25, 0.3) is 5.91 Å². The number of amides is 1. The fraction of sp³-hybridized carbons (Fsp3) is 0.400. The quantitative estimate of drug-likeness (QED) is 0.670. The van der Waals surface area contributed by atoms with Gasteiger partial charge >= 0.3 is 12.6 Å². The Balaban J connectivity index is 2.68. The van der Waals surface area contributed by atoms with Gasteiger partial charge in [0.2, 0.25) is 0 Å². The van der Waals surface area contributed by atoms with Gasteiger partial charge in [0.05, 0.1) is 25.2 Å². The molecule has 0 radical (unpaired) electrons. The van der Waals surface area contributed by atoms with E-state index in [-0.39, 0.29) is 30.0 Å². The van der Waals surface area contributed by atoms with Gasteiger partial charge in [0.1, 0.15) is 0 Å². The van der Waals surface area contributed by atoms with Crippen LogP contribution in [0.4, 0.5) is 8.78 Å². The van der Waals surface area contributed by atoms with Crippen LogP contribution in [0.3, 0.4) is 0 Å². The van der Waals surface area contributed by atoms with E-state index in [1.807, 2.05) is 6.07 Å². The lowest BCUT2D eigenvalue weighted by Crippen LogP contribution is -2.31. The monoisotopic (exact) mass is 342 g/mol. The molecule has 1 amide bonds. The highest BCUT2D eigenvalue weighted by Gasteiger charge is 2.17. The first-order valence-corrected chi connectivity index (χ1v) is 6.80. The molecule has 0 unspecified atom stereocenters. The smallest absolute Gasteiger partial charge is 0.387 e. The van der Waals surface area contributed by atoms with E-state index >= 15 is 0 Å². The zero-order valence-corrected chi connectivity index (χ0v) is 13.1. The third-order valence-electron chi connectivity index (χ3n) is 2.93. The summed E-state index contributed by atoms with van der Waals surface area (Å²) in [7, 11) is 2.71. The number of alkyl halides is 2. The molecular weight excluding hydrogens is 326 g/mol. The second kappa shape index (κ2) is 9.29. The van der Waals surface area contributed by atoms with Crippen LogP contribution < -0.4 is 9.47 Å². The van der Waals surface area contributed by atoms with Crippen LogP contribution in [-0.4, -0.2) is 50.7 Å². The van der Waals surface area contributed by atoms with Crippen LogP contribution in [0.5, 0.6) is 11.5 Å². The Morgan fingerprint density at radius 2 is 2.04 bits per heavy atom. The van der Waals surface area contributed by atoms with Gasteiger partial charge in [-0.3, -0.25) is 4.79 Å². The molecule has 0 aliphatic rings. The van der Waals surface area contributed by atoms with Crippen LogP contribution in [0.2, 0.25) is 0 Å². The maximum atomic E-state index is 12.2. The molecule has 0 aliphatic carbocycles. The molecule has 1 aromatic carbocycles. The Bertz CT molecular complexity index is 631. The number of esters is 1. The highest BCUT2D eigenvalue weighted by atomic mass is 19.3. The number of likely N-dealkylation sites (N-methyl/N-ethyl adjacent to an activating group) is 1. The van der Waals surface area contributed by atoms with Crippen LogP contribution in [0.1, 0.15) is 16.8 Å². The summed E-state index contributed by atoms with van der Waals surface area (Å²) in [6.45, 7) is -3.31. The molecule has 0 saturated carbocycles. The molecule has 7 nitrogen and oxygen atoms in total. The van der Waals surface area contributed by atoms with Gasteiger partial charge in [-0.1, -0.05) is 0 Å². The van der Waals surface area contributed by atoms with Gasteiger partial charge in [-0.15, -0.1) is 0 Å². The molecule has 0 fully saturated rings. The first kappa shape index (κ1) is 19.2. The van der Waals surface area contributed by atoms with Crippen LogP contribution >= 0.6 is 0 Å². The van der Waals surface area contributed by atoms with Crippen LogP contribution in [0, 0.1) is 11.3 Å². The Hall–Kier alpha value is -2.89. The number of nitrogens with zero attached hydrogens (tertiary/aromatic N) is 2. The first-order chi connectivity index (χ1) is 11.4. The minimum absolute atomic E-state index is 0.0148. The summed E-state index contributed by atoms with van der Waals surface area (Å²) in [6.07, 6.45) is 0.166. The third kappa shape index (κ3) is 5.72. The Morgan fingerprint density at radius 1 is 1.33 bits per heavy atom. The molecule has 0 heterocycles. The van der Waals surface area contributed by atoms with Gasteiger partial charge in [-0.05, 0) is 18.2 Å². The number of benzene rings is 1. The van der Waals surface area contributed by atoms with Crippen molar-refractivity contribution < 1.29 is 32.6 Å². The Kier molecular flexibility index (Phi) is 7.42. The number of hydrogen-bond donors (Lipinski definition) is 0. The number of carbonyl (C=O) groups is 2. The maximum absolute atomic E-state index is 12.2. The third-order valence-corrected chi connectivity index (χ3v) is 2.93. The van der Waals surface area contributed by atoms with E-state index in [4.69, 9.17) is 14.7 Å². The molecule has 0 bridgehead atoms. The molecule has 1 aromatic rings. The van der Waals surface area contributed by atoms with Gasteiger partial charge in [0.15, 0.2) is 18.1 Å². The summed E-state index contributed by atoms with van der Waals surface area (Å²) in [5.41, 5.74) is 0.0148. The van der Waals surface area contributed by atoms with Gasteiger partial charge in [-0.25, -0.2) is 4.79 Å². The predicted octanol–water partition coefficient (Wildman–Crippen LogP) is 1.83. The van der Waals surface area contributed by atoms with Crippen molar-refractivity contribution in [3.8, 4) is 17.6 Å². The summed E-state index contributed by atoms with van der Waals surface area (Å²) in [6, 6.07) is 5.42. The average Bonchev–Trinajstić information content (AvgIpc) is 2.56. The van der Waals surface area contributed by atoms with Gasteiger partial charge in [0, 0.05) is 13.6 Å². The zero-order valence-electron chi connectivity index (χ0n) is 13.1. The second-order valence-electron chi connectivity index (χ2n) is 4.54. The molecule has 0 atom stereocenters. The lowest BCUT2D eigenvalue weighted by Gasteiger charge is -2.15. The largest absolute Gasteiger partial charge is 0.493 e. The fourth-order valence-corrected chi connectivity index (χ4v) is 1.65. The molecule has 130 valence electrons. The molecule has 0 aromatic heterocycles. The minimum Gasteiger partial charge on any atom is -0.493 e. The van der Waals surface area contributed by atoms with E-state index in [1.54, 1.807) is 0 Å². The highest BCUT2D eigenvalue weighted by molar-refractivity contribution is 5.92. The number of methoxy groups -OCH3 is 1. The van der Waals surface area contributed by atoms with Crippen LogP contribution in [0.15, 0.2) is 18.2 Å². The van der Waals surface area contributed by atoms with Crippen molar-refractivity contribution in [1.82, 2.24) is 4.90 Å². The fourth-order valence-electron chi connectivity index (χ4n) is 1.65. The molecule has 9 heteroatoms. The average molecular weight is 342 g/mol. The van der Waals surface area contributed by atoms with Gasteiger partial charge in [-0.2, -0.15) is 14.0 Å². The van der Waals surface area contributed by atoms with Crippen molar-refractivity contribution in [3.05, 3.63) is 23.8 Å². The molecule has 0 aliphatic heterocycles. The first-order valence-electron chi connectivity index (χ1n) is 6.80. The lowest BCUT2D eigenvalue weighted by atomic mass is 10.2. The summed E-state index contributed by atoms with van der Waals surface area (Å²) in [5.74, 6) is -1.58. The van der Waals surface area contributed by atoms with E-state index in [0.29, 0.717) is 0 Å². The number of rotatable bonds is 8. The molecular formula is C15H16F2N2O5. The topological polar surface area (TPSA) is 88.9 Å². The van der Waals surface area contributed by atoms with Gasteiger partial charge < -0.3 is 19.1 Å². The summed E-state index contributed by atoms with van der Waals surface area (Å²) in [5, 5.41) is 8.45. The van der Waals surface area contributed by atoms with E-state index in [9.17, 15) is 18.4 Å². The number of halogens is 2. The van der Waals surface area contributed by atoms with E-state index in [1.165, 1.54) is 31.2 Å². The van der Waals surface area contributed by atoms with Crippen LogP contribution in [-0.2, 0) is 9.53 Å². The van der Waals surface area contributed by atoms with Crippen molar-refractivity contribution in [1.29, 1.82) is 5.26 Å². The molecule has 0 saturated heterocycles. The van der Waals surface area contributed by atoms with E-state index in [2.05, 4.69) is 4.74 Å². The molecule has 0 N–H and O–H groups in total. The molecule has 24 heavy (non-hydrogen) atoms. The van der Waals surface area contributed by atoms with Crippen LogP contribution in [0.25, 0.3) is 0 Å². The zero-order chi connectivity index (χ0) is 18.1. The van der Waals surface area contributed by atoms with Crippen molar-refractivity contribution in [2.75, 3.05) is 27.3 Å². The maximum Gasteiger partial charge on any atom is 0.387 e. The number of ether oxygens (including phenoxy) is 3. The number of carbonyl (C=O) groups excluding carboxylic acids is 2. The molecule has 0 spiro atoms.